The molecule has 2 fully saturated rings. The summed E-state index contributed by atoms with van der Waals surface area (Å²) in [6, 6.07) is 0.603. The van der Waals surface area contributed by atoms with Crippen molar-refractivity contribution in [3.8, 4) is 0 Å². The third-order valence-electron chi connectivity index (χ3n) is 4.78. The van der Waals surface area contributed by atoms with Gasteiger partial charge >= 0.3 is 0 Å². The highest BCUT2D eigenvalue weighted by Gasteiger charge is 2.41. The number of ether oxygens (including phenoxy) is 1. The van der Waals surface area contributed by atoms with Crippen molar-refractivity contribution in [2.24, 2.45) is 17.8 Å². The molecule has 106 valence electrons. The third-order valence-corrected chi connectivity index (χ3v) is 4.78. The molecule has 0 aromatic carbocycles. The van der Waals surface area contributed by atoms with E-state index in [1.807, 2.05) is 0 Å². The second kappa shape index (κ2) is 5.50. The van der Waals surface area contributed by atoms with Gasteiger partial charge in [-0.25, -0.2) is 0 Å². The molecule has 1 saturated heterocycles. The fraction of sp³-hybridized carbons (Fsp3) is 1.00. The average Bonchev–Trinajstić information content (AvgIpc) is 2.26. The van der Waals surface area contributed by atoms with E-state index in [-0.39, 0.29) is 5.60 Å². The van der Waals surface area contributed by atoms with Gasteiger partial charge in [0.1, 0.15) is 0 Å². The molecule has 0 aromatic rings. The van der Waals surface area contributed by atoms with Gasteiger partial charge in [-0.2, -0.15) is 0 Å². The van der Waals surface area contributed by atoms with Crippen molar-refractivity contribution in [1.82, 2.24) is 5.32 Å². The van der Waals surface area contributed by atoms with E-state index in [0.29, 0.717) is 18.1 Å². The monoisotopic (exact) mass is 253 g/mol. The predicted molar refractivity (Wildman–Crippen MR) is 76.7 cm³/mol. The summed E-state index contributed by atoms with van der Waals surface area (Å²) in [5.74, 6) is 2.41. The second-order valence-electron chi connectivity index (χ2n) is 7.51. The Bertz CT molecular complexity index is 276. The number of nitrogens with one attached hydrogen (secondary N) is 1. The van der Waals surface area contributed by atoms with E-state index in [1.165, 1.54) is 19.3 Å². The van der Waals surface area contributed by atoms with Crippen molar-refractivity contribution >= 4 is 0 Å². The van der Waals surface area contributed by atoms with Gasteiger partial charge < -0.3 is 10.1 Å². The van der Waals surface area contributed by atoms with Gasteiger partial charge in [0, 0.05) is 12.6 Å². The van der Waals surface area contributed by atoms with Gasteiger partial charge in [-0.05, 0) is 50.4 Å². The first-order valence-corrected chi connectivity index (χ1v) is 7.81. The fourth-order valence-corrected chi connectivity index (χ4v) is 3.87. The Balaban J connectivity index is 1.93. The molecule has 4 unspecified atom stereocenters. The molecule has 0 bridgehead atoms. The normalized spacial score (nSPS) is 41.2. The molecule has 1 aliphatic heterocycles. The minimum absolute atomic E-state index is 0.0556. The van der Waals surface area contributed by atoms with Crippen molar-refractivity contribution in [2.45, 2.75) is 78.0 Å². The molecule has 4 atom stereocenters. The van der Waals surface area contributed by atoms with Crippen molar-refractivity contribution < 1.29 is 4.74 Å². The highest BCUT2D eigenvalue weighted by atomic mass is 16.5. The quantitative estimate of drug-likeness (QED) is 0.829. The summed E-state index contributed by atoms with van der Waals surface area (Å²) in [7, 11) is 0. The summed E-state index contributed by atoms with van der Waals surface area (Å²) in [5, 5.41) is 3.78. The molecule has 1 N–H and O–H groups in total. The Morgan fingerprint density at radius 3 is 2.56 bits per heavy atom. The summed E-state index contributed by atoms with van der Waals surface area (Å²) < 4.78 is 6.45. The summed E-state index contributed by atoms with van der Waals surface area (Å²) in [6.07, 6.45) is 5.51. The molecule has 1 saturated carbocycles. The molecule has 2 rings (SSSR count). The summed E-state index contributed by atoms with van der Waals surface area (Å²) >= 11 is 0. The first kappa shape index (κ1) is 14.3. The molecule has 1 heterocycles. The van der Waals surface area contributed by atoms with Crippen LogP contribution in [0, 0.1) is 17.8 Å². The molecule has 18 heavy (non-hydrogen) atoms. The zero-order valence-electron chi connectivity index (χ0n) is 12.8. The van der Waals surface area contributed by atoms with Crippen LogP contribution in [0.3, 0.4) is 0 Å². The number of hydrogen-bond acceptors (Lipinski definition) is 2. The maximum atomic E-state index is 6.45. The van der Waals surface area contributed by atoms with Crippen LogP contribution in [0.25, 0.3) is 0 Å². The summed E-state index contributed by atoms with van der Waals surface area (Å²) in [6.45, 7) is 12.6. The second-order valence-corrected chi connectivity index (χ2v) is 7.51. The van der Waals surface area contributed by atoms with Crippen molar-refractivity contribution in [1.29, 1.82) is 0 Å². The van der Waals surface area contributed by atoms with E-state index in [1.54, 1.807) is 0 Å². The molecular weight excluding hydrogens is 222 g/mol. The van der Waals surface area contributed by atoms with Crippen LogP contribution < -0.4 is 5.32 Å². The first-order chi connectivity index (χ1) is 8.39. The van der Waals surface area contributed by atoms with Crippen LogP contribution in [0.15, 0.2) is 0 Å². The summed E-state index contributed by atoms with van der Waals surface area (Å²) in [4.78, 5) is 0. The van der Waals surface area contributed by atoms with E-state index in [0.717, 1.165) is 24.8 Å². The average molecular weight is 253 g/mol. The smallest absolute Gasteiger partial charge is 0.0785 e. The maximum Gasteiger partial charge on any atom is 0.0785 e. The largest absolute Gasteiger partial charge is 0.369 e. The molecule has 0 radical (unpaired) electrons. The Morgan fingerprint density at radius 1 is 1.22 bits per heavy atom. The summed E-state index contributed by atoms with van der Waals surface area (Å²) in [5.41, 5.74) is 0.0556. The lowest BCUT2D eigenvalue weighted by Gasteiger charge is -2.48. The van der Waals surface area contributed by atoms with E-state index in [2.05, 4.69) is 39.9 Å². The van der Waals surface area contributed by atoms with Gasteiger partial charge in [-0.1, -0.05) is 27.7 Å². The van der Waals surface area contributed by atoms with E-state index >= 15 is 0 Å². The fourth-order valence-electron chi connectivity index (χ4n) is 3.87. The zero-order valence-corrected chi connectivity index (χ0v) is 12.8. The van der Waals surface area contributed by atoms with Crippen LogP contribution in [-0.4, -0.2) is 24.3 Å². The maximum absolute atomic E-state index is 6.45. The lowest BCUT2D eigenvalue weighted by molar-refractivity contribution is -0.150. The molecule has 0 spiro atoms. The standard InChI is InChI=1S/C16H31NO/c1-11(2)9-16(5)10-17-14-8-13(12(3)4)6-7-15(14)18-16/h11-15,17H,6-10H2,1-5H3. The van der Waals surface area contributed by atoms with Crippen LogP contribution in [0.4, 0.5) is 0 Å². The Labute approximate surface area is 113 Å². The van der Waals surface area contributed by atoms with Crippen LogP contribution in [-0.2, 0) is 4.74 Å². The van der Waals surface area contributed by atoms with Crippen LogP contribution in [0.2, 0.25) is 0 Å². The molecule has 1 aliphatic carbocycles. The molecule has 2 nitrogen and oxygen atoms in total. The minimum Gasteiger partial charge on any atom is -0.369 e. The number of hydrogen-bond donors (Lipinski definition) is 1. The van der Waals surface area contributed by atoms with Gasteiger partial charge in [-0.15, -0.1) is 0 Å². The highest BCUT2D eigenvalue weighted by Crippen LogP contribution is 2.37. The van der Waals surface area contributed by atoms with Crippen LogP contribution in [0.5, 0.6) is 0 Å². The topological polar surface area (TPSA) is 21.3 Å². The number of fused-ring (bicyclic) bond motifs is 1. The van der Waals surface area contributed by atoms with Gasteiger partial charge in [-0.3, -0.25) is 0 Å². The predicted octanol–water partition coefficient (Wildman–Crippen LogP) is 3.60. The van der Waals surface area contributed by atoms with Gasteiger partial charge in [0.15, 0.2) is 0 Å². The molecule has 0 aromatic heterocycles. The lowest BCUT2D eigenvalue weighted by atomic mass is 9.76. The Kier molecular flexibility index (Phi) is 4.38. The number of rotatable bonds is 3. The minimum atomic E-state index is 0.0556. The van der Waals surface area contributed by atoms with Gasteiger partial charge in [0.05, 0.1) is 11.7 Å². The first-order valence-electron chi connectivity index (χ1n) is 7.81. The molecule has 2 heteroatoms. The van der Waals surface area contributed by atoms with Crippen LogP contribution in [0.1, 0.15) is 60.3 Å². The molecule has 2 aliphatic rings. The zero-order chi connectivity index (χ0) is 13.3. The van der Waals surface area contributed by atoms with E-state index in [9.17, 15) is 0 Å². The third kappa shape index (κ3) is 3.27. The number of morpholine rings is 1. The van der Waals surface area contributed by atoms with Gasteiger partial charge in [0.25, 0.3) is 0 Å². The van der Waals surface area contributed by atoms with Gasteiger partial charge in [0.2, 0.25) is 0 Å². The van der Waals surface area contributed by atoms with Crippen molar-refractivity contribution in [3.63, 3.8) is 0 Å². The molecule has 0 amide bonds. The lowest BCUT2D eigenvalue weighted by Crippen LogP contribution is -2.60. The Hall–Kier alpha value is -0.0800. The van der Waals surface area contributed by atoms with Crippen LogP contribution >= 0.6 is 0 Å². The van der Waals surface area contributed by atoms with E-state index < -0.39 is 0 Å². The highest BCUT2D eigenvalue weighted by molar-refractivity contribution is 4.95. The van der Waals surface area contributed by atoms with Crippen molar-refractivity contribution in [3.05, 3.63) is 0 Å². The molecular formula is C16H31NO. The SMILES string of the molecule is CC(C)CC1(C)CNC2CC(C(C)C)CCC2O1. The van der Waals surface area contributed by atoms with Crippen molar-refractivity contribution in [2.75, 3.05) is 6.54 Å². The Morgan fingerprint density at radius 2 is 1.94 bits per heavy atom. The van der Waals surface area contributed by atoms with E-state index in [4.69, 9.17) is 4.74 Å².